The average molecular weight is 308 g/mol. The number of anilines is 3. The van der Waals surface area contributed by atoms with Crippen LogP contribution in [0.1, 0.15) is 10.4 Å². The second-order valence-electron chi connectivity index (χ2n) is 3.61. The van der Waals surface area contributed by atoms with Crippen LogP contribution in [-0.4, -0.2) is 16.1 Å². The van der Waals surface area contributed by atoms with Crippen LogP contribution in [0.2, 0.25) is 0 Å². The molecule has 0 saturated carbocycles. The lowest BCUT2D eigenvalue weighted by Crippen LogP contribution is -2.06. The minimum absolute atomic E-state index is 0.0370. The Kier molecular flexibility index (Phi) is 3.47. The van der Waals surface area contributed by atoms with Crippen molar-refractivity contribution in [2.45, 2.75) is 0 Å². The number of carboxylic acid groups (broad SMARTS) is 1. The molecular formula is C12H10BrN3O2. The molecule has 0 saturated heterocycles. The molecule has 0 radical (unpaired) electrons. The highest BCUT2D eigenvalue weighted by Gasteiger charge is 2.12. The van der Waals surface area contributed by atoms with Crippen LogP contribution >= 0.6 is 15.9 Å². The molecular weight excluding hydrogens is 298 g/mol. The summed E-state index contributed by atoms with van der Waals surface area (Å²) in [6.07, 6.45) is 1.41. The smallest absolute Gasteiger partial charge is 0.339 e. The maximum Gasteiger partial charge on any atom is 0.339 e. The van der Waals surface area contributed by atoms with E-state index in [-0.39, 0.29) is 11.4 Å². The normalized spacial score (nSPS) is 10.1. The number of pyridine rings is 1. The Morgan fingerprint density at radius 1 is 1.39 bits per heavy atom. The van der Waals surface area contributed by atoms with E-state index in [1.165, 1.54) is 12.3 Å². The SMILES string of the molecule is Nc1cnc(Nc2cccc(Br)c2)c(C(=O)O)c1. The van der Waals surface area contributed by atoms with Crippen molar-refractivity contribution in [2.24, 2.45) is 0 Å². The van der Waals surface area contributed by atoms with Crippen molar-refractivity contribution >= 4 is 39.1 Å². The second-order valence-corrected chi connectivity index (χ2v) is 4.52. The van der Waals surface area contributed by atoms with Gasteiger partial charge in [-0.2, -0.15) is 0 Å². The van der Waals surface area contributed by atoms with E-state index in [9.17, 15) is 4.79 Å². The summed E-state index contributed by atoms with van der Waals surface area (Å²) in [6.45, 7) is 0. The van der Waals surface area contributed by atoms with Crippen molar-refractivity contribution in [1.29, 1.82) is 0 Å². The first-order valence-corrected chi connectivity index (χ1v) is 5.87. The van der Waals surface area contributed by atoms with Crippen LogP contribution in [0, 0.1) is 0 Å². The molecule has 6 heteroatoms. The minimum atomic E-state index is -1.08. The molecule has 0 bridgehead atoms. The van der Waals surface area contributed by atoms with Gasteiger partial charge in [-0.25, -0.2) is 9.78 Å². The molecule has 1 aromatic carbocycles. The molecule has 0 aliphatic carbocycles. The van der Waals surface area contributed by atoms with Gasteiger partial charge in [-0.1, -0.05) is 22.0 Å². The van der Waals surface area contributed by atoms with E-state index in [2.05, 4.69) is 26.2 Å². The molecule has 0 aliphatic heterocycles. The quantitative estimate of drug-likeness (QED) is 0.811. The van der Waals surface area contributed by atoms with E-state index in [0.29, 0.717) is 5.69 Å². The molecule has 5 nitrogen and oxygen atoms in total. The number of aromatic nitrogens is 1. The summed E-state index contributed by atoms with van der Waals surface area (Å²) in [6, 6.07) is 8.72. The molecule has 0 spiro atoms. The minimum Gasteiger partial charge on any atom is -0.478 e. The van der Waals surface area contributed by atoms with Gasteiger partial charge in [-0.15, -0.1) is 0 Å². The number of nitrogen functional groups attached to an aromatic ring is 1. The number of halogens is 1. The predicted molar refractivity (Wildman–Crippen MR) is 73.0 cm³/mol. The van der Waals surface area contributed by atoms with Gasteiger partial charge in [0.25, 0.3) is 0 Å². The maximum atomic E-state index is 11.1. The zero-order chi connectivity index (χ0) is 13.1. The van der Waals surface area contributed by atoms with Gasteiger partial charge >= 0.3 is 5.97 Å². The number of hydrogen-bond donors (Lipinski definition) is 3. The molecule has 1 heterocycles. The van der Waals surface area contributed by atoms with Crippen LogP contribution in [0.25, 0.3) is 0 Å². The van der Waals surface area contributed by atoms with E-state index in [1.807, 2.05) is 24.3 Å². The third kappa shape index (κ3) is 2.78. The highest BCUT2D eigenvalue weighted by atomic mass is 79.9. The van der Waals surface area contributed by atoms with Gasteiger partial charge < -0.3 is 16.2 Å². The molecule has 0 fully saturated rings. The first-order chi connectivity index (χ1) is 8.56. The fourth-order valence-electron chi connectivity index (χ4n) is 1.45. The molecule has 0 atom stereocenters. The molecule has 92 valence electrons. The molecule has 0 unspecified atom stereocenters. The van der Waals surface area contributed by atoms with Gasteiger partial charge in [0.1, 0.15) is 11.4 Å². The summed E-state index contributed by atoms with van der Waals surface area (Å²) in [5.41, 5.74) is 6.61. The fraction of sp³-hybridized carbons (Fsp3) is 0. The summed E-state index contributed by atoms with van der Waals surface area (Å²) in [5.74, 6) is -0.818. The van der Waals surface area contributed by atoms with E-state index in [0.717, 1.165) is 10.2 Å². The number of rotatable bonds is 3. The van der Waals surface area contributed by atoms with E-state index >= 15 is 0 Å². The summed E-state index contributed by atoms with van der Waals surface area (Å²) in [5, 5.41) is 12.0. The molecule has 2 aromatic rings. The Balaban J connectivity index is 2.37. The lowest BCUT2D eigenvalue weighted by Gasteiger charge is -2.09. The Morgan fingerprint density at radius 2 is 2.17 bits per heavy atom. The summed E-state index contributed by atoms with van der Waals surface area (Å²) < 4.78 is 0.889. The zero-order valence-electron chi connectivity index (χ0n) is 9.22. The zero-order valence-corrected chi connectivity index (χ0v) is 10.8. The van der Waals surface area contributed by atoms with Crippen LogP contribution in [0.3, 0.4) is 0 Å². The van der Waals surface area contributed by atoms with Crippen molar-refractivity contribution in [1.82, 2.24) is 4.98 Å². The number of aromatic carboxylic acids is 1. The number of benzene rings is 1. The molecule has 4 N–H and O–H groups in total. The maximum absolute atomic E-state index is 11.1. The standard InChI is InChI=1S/C12H10BrN3O2/c13-7-2-1-3-9(4-7)16-11-10(12(17)18)5-8(14)6-15-11/h1-6H,14H2,(H,15,16)(H,17,18). The van der Waals surface area contributed by atoms with Gasteiger partial charge in [0.2, 0.25) is 0 Å². The third-order valence-corrected chi connectivity index (χ3v) is 2.72. The molecule has 0 aliphatic rings. The number of carboxylic acids is 1. The first-order valence-electron chi connectivity index (χ1n) is 5.07. The number of carbonyl (C=O) groups is 1. The Bertz CT molecular complexity index is 602. The third-order valence-electron chi connectivity index (χ3n) is 2.23. The van der Waals surface area contributed by atoms with Crippen LogP contribution < -0.4 is 11.1 Å². The Hall–Kier alpha value is -2.08. The van der Waals surface area contributed by atoms with Gasteiger partial charge in [-0.3, -0.25) is 0 Å². The van der Waals surface area contributed by atoms with E-state index in [1.54, 1.807) is 0 Å². The van der Waals surface area contributed by atoms with Crippen molar-refractivity contribution in [3.05, 3.63) is 46.6 Å². The average Bonchev–Trinajstić information content (AvgIpc) is 2.31. The van der Waals surface area contributed by atoms with Crippen molar-refractivity contribution in [3.8, 4) is 0 Å². The van der Waals surface area contributed by atoms with Gasteiger partial charge in [-0.05, 0) is 24.3 Å². The molecule has 1 aromatic heterocycles. The summed E-state index contributed by atoms with van der Waals surface area (Å²) in [4.78, 5) is 15.1. The lowest BCUT2D eigenvalue weighted by molar-refractivity contribution is 0.0697. The number of nitrogens with one attached hydrogen (secondary N) is 1. The lowest BCUT2D eigenvalue weighted by atomic mass is 10.2. The highest BCUT2D eigenvalue weighted by molar-refractivity contribution is 9.10. The summed E-state index contributed by atoms with van der Waals surface area (Å²) in [7, 11) is 0. The number of hydrogen-bond acceptors (Lipinski definition) is 4. The monoisotopic (exact) mass is 307 g/mol. The topological polar surface area (TPSA) is 88.2 Å². The van der Waals surface area contributed by atoms with Crippen molar-refractivity contribution in [3.63, 3.8) is 0 Å². The van der Waals surface area contributed by atoms with Crippen LogP contribution in [0.4, 0.5) is 17.2 Å². The molecule has 0 amide bonds. The van der Waals surface area contributed by atoms with Crippen LogP contribution in [0.15, 0.2) is 41.0 Å². The van der Waals surface area contributed by atoms with E-state index in [4.69, 9.17) is 10.8 Å². The second kappa shape index (κ2) is 5.05. The van der Waals surface area contributed by atoms with Gasteiger partial charge in [0.05, 0.1) is 11.9 Å². The Morgan fingerprint density at radius 3 is 2.83 bits per heavy atom. The van der Waals surface area contributed by atoms with Crippen LogP contribution in [-0.2, 0) is 0 Å². The van der Waals surface area contributed by atoms with Crippen molar-refractivity contribution in [2.75, 3.05) is 11.1 Å². The first kappa shape index (κ1) is 12.4. The number of nitrogens with two attached hydrogens (primary N) is 1. The molecule has 2 rings (SSSR count). The number of nitrogens with zero attached hydrogens (tertiary/aromatic N) is 1. The van der Waals surface area contributed by atoms with Gasteiger partial charge in [0, 0.05) is 10.2 Å². The molecule has 18 heavy (non-hydrogen) atoms. The van der Waals surface area contributed by atoms with E-state index < -0.39 is 5.97 Å². The predicted octanol–water partition coefficient (Wildman–Crippen LogP) is 2.87. The summed E-state index contributed by atoms with van der Waals surface area (Å²) >= 11 is 3.34. The largest absolute Gasteiger partial charge is 0.478 e. The highest BCUT2D eigenvalue weighted by Crippen LogP contribution is 2.22. The Labute approximate surface area is 112 Å². The van der Waals surface area contributed by atoms with Crippen molar-refractivity contribution < 1.29 is 9.90 Å². The fourth-order valence-corrected chi connectivity index (χ4v) is 1.85. The van der Waals surface area contributed by atoms with Gasteiger partial charge in [0.15, 0.2) is 0 Å². The van der Waals surface area contributed by atoms with Crippen LogP contribution in [0.5, 0.6) is 0 Å².